The average molecular weight is 641 g/mol. The Bertz CT molecular complexity index is 1880. The number of aliphatic hydroxyl groups is 1. The van der Waals surface area contributed by atoms with Gasteiger partial charge in [-0.15, -0.1) is 0 Å². The molecule has 2 heterocycles. The van der Waals surface area contributed by atoms with Gasteiger partial charge in [0.2, 0.25) is 17.7 Å². The standard InChI is InChI=1S/C34H36N6O7/c35-25(14-20-16-36-26-7-3-1-5-23(20)26)31(43)38-29(15-21-17-37-27-8-4-2-6-24(21)27)33(45)39-28(13-19-9-11-22(42)12-10-19)32(44)40-30(18-41)34(46)47/h1-12,16-17,25,28-30,36-37,41-42H,13-15,18,35H2,(H,38,43)(H,39,45)(H,40,44)(H,46,47). The molecule has 0 aliphatic heterocycles. The van der Waals surface area contributed by atoms with E-state index in [1.54, 1.807) is 24.5 Å². The highest BCUT2D eigenvalue weighted by Gasteiger charge is 2.31. The molecule has 0 aliphatic carbocycles. The summed E-state index contributed by atoms with van der Waals surface area (Å²) in [7, 11) is 0. The quantitative estimate of drug-likeness (QED) is 0.0857. The number of aliphatic carboxylic acids is 1. The number of aliphatic hydroxyl groups excluding tert-OH is 1. The van der Waals surface area contributed by atoms with Crippen LogP contribution in [0.2, 0.25) is 0 Å². The first-order valence-electron chi connectivity index (χ1n) is 15.0. The van der Waals surface area contributed by atoms with Gasteiger partial charge in [0.25, 0.3) is 0 Å². The Morgan fingerprint density at radius 3 is 1.70 bits per heavy atom. The number of aromatic hydroxyl groups is 1. The molecule has 5 rings (SSSR count). The van der Waals surface area contributed by atoms with Crippen LogP contribution in [0.1, 0.15) is 16.7 Å². The van der Waals surface area contributed by atoms with Crippen LogP contribution in [0.15, 0.2) is 85.2 Å². The number of carbonyl (C=O) groups is 4. The number of phenols is 1. The van der Waals surface area contributed by atoms with Crippen LogP contribution in [0.3, 0.4) is 0 Å². The number of nitrogens with two attached hydrogens (primary N) is 1. The number of carbonyl (C=O) groups excluding carboxylic acids is 3. The third kappa shape index (κ3) is 7.95. The Hall–Kier alpha value is -5.66. The largest absolute Gasteiger partial charge is 0.508 e. The van der Waals surface area contributed by atoms with Gasteiger partial charge >= 0.3 is 5.97 Å². The zero-order chi connectivity index (χ0) is 33.5. The number of aromatic amines is 2. The second kappa shape index (κ2) is 14.6. The molecule has 2 aromatic heterocycles. The summed E-state index contributed by atoms with van der Waals surface area (Å²) in [6, 6.07) is 15.9. The van der Waals surface area contributed by atoms with E-state index < -0.39 is 54.5 Å². The smallest absolute Gasteiger partial charge is 0.328 e. The first-order chi connectivity index (χ1) is 22.6. The topological polar surface area (TPSA) is 223 Å². The Labute approximate surface area is 269 Å². The second-order valence-corrected chi connectivity index (χ2v) is 11.3. The van der Waals surface area contributed by atoms with Crippen molar-refractivity contribution in [1.82, 2.24) is 25.9 Å². The molecule has 0 saturated heterocycles. The number of H-pyrrole nitrogens is 2. The predicted molar refractivity (Wildman–Crippen MR) is 174 cm³/mol. The van der Waals surface area contributed by atoms with Crippen molar-refractivity contribution >= 4 is 45.5 Å². The van der Waals surface area contributed by atoms with E-state index in [4.69, 9.17) is 5.73 Å². The normalized spacial score (nSPS) is 13.8. The number of para-hydroxylation sites is 2. The van der Waals surface area contributed by atoms with Gasteiger partial charge in [0.15, 0.2) is 0 Å². The molecule has 244 valence electrons. The number of hydrogen-bond acceptors (Lipinski definition) is 7. The molecule has 0 bridgehead atoms. The summed E-state index contributed by atoms with van der Waals surface area (Å²) in [6.45, 7) is -0.867. The summed E-state index contributed by atoms with van der Waals surface area (Å²) < 4.78 is 0. The summed E-state index contributed by atoms with van der Waals surface area (Å²) in [5.74, 6) is -3.61. The van der Waals surface area contributed by atoms with Crippen LogP contribution in [-0.2, 0) is 38.4 Å². The highest BCUT2D eigenvalue weighted by Crippen LogP contribution is 2.21. The van der Waals surface area contributed by atoms with Crippen LogP contribution in [-0.4, -0.2) is 79.8 Å². The van der Waals surface area contributed by atoms with Gasteiger partial charge in [-0.1, -0.05) is 48.5 Å². The lowest BCUT2D eigenvalue weighted by atomic mass is 10.0. The lowest BCUT2D eigenvalue weighted by molar-refractivity contribution is -0.143. The van der Waals surface area contributed by atoms with E-state index in [-0.39, 0.29) is 25.0 Å². The number of amides is 3. The van der Waals surface area contributed by atoms with Crippen molar-refractivity contribution < 1.29 is 34.5 Å². The van der Waals surface area contributed by atoms with Gasteiger partial charge in [-0.3, -0.25) is 14.4 Å². The van der Waals surface area contributed by atoms with Crippen molar-refractivity contribution in [3.05, 3.63) is 102 Å². The van der Waals surface area contributed by atoms with Crippen LogP contribution < -0.4 is 21.7 Å². The van der Waals surface area contributed by atoms with Crippen molar-refractivity contribution in [1.29, 1.82) is 0 Å². The number of rotatable bonds is 14. The van der Waals surface area contributed by atoms with E-state index >= 15 is 0 Å². The molecule has 0 radical (unpaired) electrons. The van der Waals surface area contributed by atoms with E-state index in [2.05, 4.69) is 25.9 Å². The van der Waals surface area contributed by atoms with Gasteiger partial charge < -0.3 is 47.0 Å². The molecule has 10 N–H and O–H groups in total. The fourth-order valence-electron chi connectivity index (χ4n) is 5.45. The molecule has 0 spiro atoms. The van der Waals surface area contributed by atoms with E-state index in [1.807, 2.05) is 48.5 Å². The monoisotopic (exact) mass is 640 g/mol. The molecule has 4 unspecified atom stereocenters. The minimum Gasteiger partial charge on any atom is -0.508 e. The molecule has 13 nitrogen and oxygen atoms in total. The minimum absolute atomic E-state index is 0.00418. The van der Waals surface area contributed by atoms with Crippen LogP contribution >= 0.6 is 0 Å². The van der Waals surface area contributed by atoms with E-state index in [0.29, 0.717) is 5.56 Å². The average Bonchev–Trinajstić information content (AvgIpc) is 3.67. The third-order valence-corrected chi connectivity index (χ3v) is 7.99. The highest BCUT2D eigenvalue weighted by atomic mass is 16.4. The van der Waals surface area contributed by atoms with Gasteiger partial charge in [-0.05, 0) is 47.4 Å². The number of hydrogen-bond donors (Lipinski definition) is 9. The van der Waals surface area contributed by atoms with Crippen molar-refractivity contribution in [2.75, 3.05) is 6.61 Å². The molecule has 0 aliphatic rings. The van der Waals surface area contributed by atoms with Crippen molar-refractivity contribution in [3.63, 3.8) is 0 Å². The molecule has 3 amide bonds. The Kier molecular flexibility index (Phi) is 10.2. The Morgan fingerprint density at radius 1 is 0.660 bits per heavy atom. The van der Waals surface area contributed by atoms with Crippen LogP contribution in [0.25, 0.3) is 21.8 Å². The summed E-state index contributed by atoms with van der Waals surface area (Å²) in [4.78, 5) is 58.5. The van der Waals surface area contributed by atoms with Gasteiger partial charge in [0, 0.05) is 47.0 Å². The summed E-state index contributed by atoms with van der Waals surface area (Å²) in [5.41, 5.74) is 10.2. The summed E-state index contributed by atoms with van der Waals surface area (Å²) in [6.07, 6.45) is 3.69. The molecule has 0 fully saturated rings. The van der Waals surface area contributed by atoms with E-state index in [9.17, 15) is 34.5 Å². The fourth-order valence-corrected chi connectivity index (χ4v) is 5.45. The number of carboxylic acid groups (broad SMARTS) is 1. The van der Waals surface area contributed by atoms with Gasteiger partial charge in [0.05, 0.1) is 12.6 Å². The van der Waals surface area contributed by atoms with Gasteiger partial charge in [0.1, 0.15) is 23.9 Å². The maximum absolute atomic E-state index is 13.9. The Balaban J connectivity index is 1.39. The number of nitrogens with one attached hydrogen (secondary N) is 5. The van der Waals surface area contributed by atoms with Crippen LogP contribution in [0, 0.1) is 0 Å². The minimum atomic E-state index is -1.61. The second-order valence-electron chi connectivity index (χ2n) is 11.3. The summed E-state index contributed by atoms with van der Waals surface area (Å²) in [5, 5.41) is 38.0. The first kappa shape index (κ1) is 32.7. The van der Waals surface area contributed by atoms with Crippen LogP contribution in [0.4, 0.5) is 0 Å². The summed E-state index contributed by atoms with van der Waals surface area (Å²) >= 11 is 0. The maximum atomic E-state index is 13.9. The van der Waals surface area contributed by atoms with Gasteiger partial charge in [-0.2, -0.15) is 0 Å². The molecule has 5 aromatic rings. The number of benzene rings is 3. The first-order valence-corrected chi connectivity index (χ1v) is 15.0. The molecule has 3 aromatic carbocycles. The molecule has 47 heavy (non-hydrogen) atoms. The number of phenolic OH excluding ortho intramolecular Hbond substituents is 1. The fraction of sp³-hybridized carbons (Fsp3) is 0.235. The lowest BCUT2D eigenvalue weighted by Gasteiger charge is -2.25. The zero-order valence-electron chi connectivity index (χ0n) is 25.3. The van der Waals surface area contributed by atoms with Gasteiger partial charge in [-0.25, -0.2) is 4.79 Å². The lowest BCUT2D eigenvalue weighted by Crippen LogP contribution is -2.58. The van der Waals surface area contributed by atoms with Crippen molar-refractivity contribution in [2.45, 2.75) is 43.4 Å². The highest BCUT2D eigenvalue weighted by molar-refractivity contribution is 5.95. The zero-order valence-corrected chi connectivity index (χ0v) is 25.3. The Morgan fingerprint density at radius 2 is 1.15 bits per heavy atom. The number of carboxylic acids is 1. The predicted octanol–water partition coefficient (Wildman–Crippen LogP) is 1.24. The van der Waals surface area contributed by atoms with Crippen molar-refractivity contribution in [2.24, 2.45) is 5.73 Å². The molecule has 4 atom stereocenters. The van der Waals surface area contributed by atoms with Crippen molar-refractivity contribution in [3.8, 4) is 5.75 Å². The third-order valence-electron chi connectivity index (χ3n) is 7.99. The number of fused-ring (bicyclic) bond motifs is 2. The SMILES string of the molecule is NC(Cc1c[nH]c2ccccc12)C(=O)NC(Cc1c[nH]c2ccccc12)C(=O)NC(Cc1ccc(O)cc1)C(=O)NC(CO)C(=O)O. The molecular formula is C34H36N6O7. The molecule has 13 heteroatoms. The molecule has 0 saturated carbocycles. The number of aromatic nitrogens is 2. The van der Waals surface area contributed by atoms with E-state index in [1.165, 1.54) is 12.1 Å². The van der Waals surface area contributed by atoms with Crippen LogP contribution in [0.5, 0.6) is 5.75 Å². The van der Waals surface area contributed by atoms with E-state index in [0.717, 1.165) is 32.9 Å². The maximum Gasteiger partial charge on any atom is 0.328 e. The molecular weight excluding hydrogens is 604 g/mol.